The van der Waals surface area contributed by atoms with Gasteiger partial charge in [-0.3, -0.25) is 4.98 Å². The molecule has 0 spiro atoms. The predicted octanol–water partition coefficient (Wildman–Crippen LogP) is 4.71. The second-order valence-corrected chi connectivity index (χ2v) is 4.78. The minimum Gasteiger partial charge on any atom is -0.252 e. The average Bonchev–Trinajstić information content (AvgIpc) is 2.31. The summed E-state index contributed by atoms with van der Waals surface area (Å²) in [7, 11) is 0. The zero-order valence-corrected chi connectivity index (χ0v) is 11.4. The molecular formula is C15H18ClN. The Morgan fingerprint density at radius 1 is 1.24 bits per heavy atom. The topological polar surface area (TPSA) is 12.9 Å². The number of rotatable bonds is 3. The zero-order chi connectivity index (χ0) is 12.4. The number of pyridine rings is 1. The SMILES string of the molecule is CCCc1cccc2c(Cl)c(CC)c(C)nc12. The number of benzene rings is 1. The van der Waals surface area contributed by atoms with Crippen LogP contribution in [0.1, 0.15) is 37.1 Å². The summed E-state index contributed by atoms with van der Waals surface area (Å²) in [5.74, 6) is 0. The maximum Gasteiger partial charge on any atom is 0.0752 e. The summed E-state index contributed by atoms with van der Waals surface area (Å²) in [6.45, 7) is 6.36. The molecule has 1 aromatic heterocycles. The Balaban J connectivity index is 2.76. The number of halogens is 1. The summed E-state index contributed by atoms with van der Waals surface area (Å²) in [4.78, 5) is 4.74. The molecule has 1 nitrogen and oxygen atoms in total. The maximum atomic E-state index is 6.48. The number of para-hydroxylation sites is 1. The van der Waals surface area contributed by atoms with Crippen LogP contribution in [0.5, 0.6) is 0 Å². The Bertz CT molecular complexity index is 546. The van der Waals surface area contributed by atoms with E-state index in [1.807, 2.05) is 6.92 Å². The molecule has 17 heavy (non-hydrogen) atoms. The third-order valence-electron chi connectivity index (χ3n) is 3.21. The van der Waals surface area contributed by atoms with Crippen LogP contribution in [-0.4, -0.2) is 4.98 Å². The summed E-state index contributed by atoms with van der Waals surface area (Å²) in [6, 6.07) is 6.30. The number of aryl methyl sites for hydroxylation is 2. The van der Waals surface area contributed by atoms with Gasteiger partial charge in [0.1, 0.15) is 0 Å². The second kappa shape index (κ2) is 5.05. The number of hydrogen-bond donors (Lipinski definition) is 0. The van der Waals surface area contributed by atoms with Gasteiger partial charge < -0.3 is 0 Å². The van der Waals surface area contributed by atoms with Crippen LogP contribution >= 0.6 is 11.6 Å². The molecule has 0 saturated heterocycles. The molecule has 0 saturated carbocycles. The summed E-state index contributed by atoms with van der Waals surface area (Å²) in [5.41, 5.74) is 4.62. The third kappa shape index (κ3) is 2.16. The number of fused-ring (bicyclic) bond motifs is 1. The van der Waals surface area contributed by atoms with Crippen LogP contribution in [-0.2, 0) is 12.8 Å². The van der Waals surface area contributed by atoms with Crippen molar-refractivity contribution in [3.05, 3.63) is 40.0 Å². The van der Waals surface area contributed by atoms with E-state index in [1.165, 1.54) is 11.1 Å². The van der Waals surface area contributed by atoms with Gasteiger partial charge in [-0.1, -0.05) is 50.1 Å². The molecule has 0 unspecified atom stereocenters. The molecule has 2 rings (SSSR count). The van der Waals surface area contributed by atoms with E-state index in [-0.39, 0.29) is 0 Å². The lowest BCUT2D eigenvalue weighted by Crippen LogP contribution is -1.97. The molecule has 90 valence electrons. The molecule has 2 heteroatoms. The van der Waals surface area contributed by atoms with Crippen molar-refractivity contribution in [1.29, 1.82) is 0 Å². The van der Waals surface area contributed by atoms with E-state index in [2.05, 4.69) is 32.0 Å². The van der Waals surface area contributed by atoms with Crippen LogP contribution in [0.25, 0.3) is 10.9 Å². The molecule has 1 aromatic carbocycles. The van der Waals surface area contributed by atoms with Gasteiger partial charge in [0, 0.05) is 11.1 Å². The number of hydrogen-bond acceptors (Lipinski definition) is 1. The quantitative estimate of drug-likeness (QED) is 0.765. The lowest BCUT2D eigenvalue weighted by Gasteiger charge is -2.11. The van der Waals surface area contributed by atoms with Crippen LogP contribution in [0.3, 0.4) is 0 Å². The molecule has 0 radical (unpaired) electrons. The Morgan fingerprint density at radius 2 is 2.00 bits per heavy atom. The summed E-state index contributed by atoms with van der Waals surface area (Å²) in [6.07, 6.45) is 3.13. The monoisotopic (exact) mass is 247 g/mol. The molecule has 0 aliphatic heterocycles. The van der Waals surface area contributed by atoms with E-state index in [0.717, 1.165) is 40.9 Å². The smallest absolute Gasteiger partial charge is 0.0752 e. The molecule has 0 aliphatic carbocycles. The summed E-state index contributed by atoms with van der Waals surface area (Å²) in [5, 5.41) is 1.98. The molecule has 0 fully saturated rings. The number of aromatic nitrogens is 1. The van der Waals surface area contributed by atoms with E-state index < -0.39 is 0 Å². The van der Waals surface area contributed by atoms with Crippen LogP contribution in [0.4, 0.5) is 0 Å². The van der Waals surface area contributed by atoms with Crippen LogP contribution in [0, 0.1) is 6.92 Å². The average molecular weight is 248 g/mol. The third-order valence-corrected chi connectivity index (χ3v) is 3.64. The van der Waals surface area contributed by atoms with Gasteiger partial charge in [-0.2, -0.15) is 0 Å². The highest BCUT2D eigenvalue weighted by atomic mass is 35.5. The van der Waals surface area contributed by atoms with E-state index in [0.29, 0.717) is 0 Å². The summed E-state index contributed by atoms with van der Waals surface area (Å²) < 4.78 is 0. The highest BCUT2D eigenvalue weighted by Gasteiger charge is 2.11. The van der Waals surface area contributed by atoms with Gasteiger partial charge in [0.05, 0.1) is 10.5 Å². The van der Waals surface area contributed by atoms with E-state index in [1.54, 1.807) is 0 Å². The van der Waals surface area contributed by atoms with Crippen molar-refractivity contribution in [3.8, 4) is 0 Å². The fraction of sp³-hybridized carbons (Fsp3) is 0.400. The highest BCUT2D eigenvalue weighted by molar-refractivity contribution is 6.36. The van der Waals surface area contributed by atoms with Gasteiger partial charge in [-0.05, 0) is 30.9 Å². The van der Waals surface area contributed by atoms with Crippen LogP contribution < -0.4 is 0 Å². The summed E-state index contributed by atoms with van der Waals surface area (Å²) >= 11 is 6.48. The molecule has 2 aromatic rings. The Kier molecular flexibility index (Phi) is 3.68. The first kappa shape index (κ1) is 12.4. The van der Waals surface area contributed by atoms with E-state index in [9.17, 15) is 0 Å². The first-order valence-electron chi connectivity index (χ1n) is 6.25. The van der Waals surface area contributed by atoms with Crippen LogP contribution in [0.15, 0.2) is 18.2 Å². The van der Waals surface area contributed by atoms with Gasteiger partial charge in [-0.15, -0.1) is 0 Å². The van der Waals surface area contributed by atoms with Crippen molar-refractivity contribution in [2.75, 3.05) is 0 Å². The Hall–Kier alpha value is -1.08. The first-order valence-corrected chi connectivity index (χ1v) is 6.63. The molecule has 0 N–H and O–H groups in total. The number of nitrogens with zero attached hydrogens (tertiary/aromatic N) is 1. The molecule has 0 amide bonds. The van der Waals surface area contributed by atoms with Gasteiger partial charge in [0.2, 0.25) is 0 Å². The fourth-order valence-corrected chi connectivity index (χ4v) is 2.76. The van der Waals surface area contributed by atoms with Crippen molar-refractivity contribution in [2.45, 2.75) is 40.0 Å². The molecule has 0 atom stereocenters. The molecule has 0 bridgehead atoms. The Morgan fingerprint density at radius 3 is 2.65 bits per heavy atom. The highest BCUT2D eigenvalue weighted by Crippen LogP contribution is 2.30. The lowest BCUT2D eigenvalue weighted by atomic mass is 10.0. The second-order valence-electron chi connectivity index (χ2n) is 4.41. The normalized spacial score (nSPS) is 11.1. The molecular weight excluding hydrogens is 230 g/mol. The first-order chi connectivity index (χ1) is 8.19. The van der Waals surface area contributed by atoms with Gasteiger partial charge in [0.25, 0.3) is 0 Å². The fourth-order valence-electron chi connectivity index (χ4n) is 2.34. The van der Waals surface area contributed by atoms with Crippen molar-refractivity contribution in [1.82, 2.24) is 4.98 Å². The molecule has 0 aliphatic rings. The van der Waals surface area contributed by atoms with Crippen molar-refractivity contribution in [2.24, 2.45) is 0 Å². The van der Waals surface area contributed by atoms with Gasteiger partial charge >= 0.3 is 0 Å². The van der Waals surface area contributed by atoms with E-state index in [4.69, 9.17) is 16.6 Å². The minimum absolute atomic E-state index is 0.882. The zero-order valence-electron chi connectivity index (χ0n) is 10.7. The van der Waals surface area contributed by atoms with Gasteiger partial charge in [-0.25, -0.2) is 0 Å². The minimum atomic E-state index is 0.882. The lowest BCUT2D eigenvalue weighted by molar-refractivity contribution is 0.924. The van der Waals surface area contributed by atoms with Crippen molar-refractivity contribution < 1.29 is 0 Å². The van der Waals surface area contributed by atoms with Crippen LogP contribution in [0.2, 0.25) is 5.02 Å². The Labute approximate surface area is 108 Å². The van der Waals surface area contributed by atoms with Crippen molar-refractivity contribution in [3.63, 3.8) is 0 Å². The maximum absolute atomic E-state index is 6.48. The van der Waals surface area contributed by atoms with E-state index >= 15 is 0 Å². The van der Waals surface area contributed by atoms with Crippen molar-refractivity contribution >= 4 is 22.5 Å². The molecule has 1 heterocycles. The standard InChI is InChI=1S/C15H18ClN/c1-4-7-11-8-6-9-13-14(16)12(5-2)10(3)17-15(11)13/h6,8-9H,4-5,7H2,1-3H3. The predicted molar refractivity (Wildman–Crippen MR) is 74.9 cm³/mol. The largest absolute Gasteiger partial charge is 0.252 e. The van der Waals surface area contributed by atoms with Gasteiger partial charge in [0.15, 0.2) is 0 Å².